The van der Waals surface area contributed by atoms with Crippen LogP contribution in [0, 0.1) is 12.8 Å². The second kappa shape index (κ2) is 4.90. The lowest BCUT2D eigenvalue weighted by Gasteiger charge is -2.31. The second-order valence-electron chi connectivity index (χ2n) is 4.11. The van der Waals surface area contributed by atoms with Crippen LogP contribution in [0.2, 0.25) is 0 Å². The number of aromatic nitrogens is 2. The van der Waals surface area contributed by atoms with Gasteiger partial charge in [0.1, 0.15) is 5.82 Å². The fourth-order valence-electron chi connectivity index (χ4n) is 2.03. The molecule has 1 saturated heterocycles. The van der Waals surface area contributed by atoms with E-state index >= 15 is 0 Å². The van der Waals surface area contributed by atoms with Gasteiger partial charge in [-0.15, -0.1) is 0 Å². The van der Waals surface area contributed by atoms with Crippen molar-refractivity contribution in [2.45, 2.75) is 19.8 Å². The fraction of sp³-hybridized carbons (Fsp3) is 0.800. The molecule has 0 unspecified atom stereocenters. The summed E-state index contributed by atoms with van der Waals surface area (Å²) in [5.41, 5.74) is 0. The summed E-state index contributed by atoms with van der Waals surface area (Å²) in [7, 11) is 2.03. The maximum atomic E-state index is 4.42. The van der Waals surface area contributed by atoms with E-state index in [0.29, 0.717) is 0 Å². The third kappa shape index (κ3) is 2.66. The molecule has 2 rings (SSSR count). The minimum atomic E-state index is 0.834. The molecule has 15 heavy (non-hydrogen) atoms. The first-order valence-electron chi connectivity index (χ1n) is 5.49. The normalized spacial score (nSPS) is 18.4. The molecule has 0 aromatic carbocycles. The van der Waals surface area contributed by atoms with Gasteiger partial charge in [-0.2, -0.15) is 4.37 Å². The lowest BCUT2D eigenvalue weighted by Crippen LogP contribution is -2.36. The minimum absolute atomic E-state index is 0.834. The molecule has 1 aromatic heterocycles. The summed E-state index contributed by atoms with van der Waals surface area (Å²) in [4.78, 5) is 6.78. The molecule has 1 aromatic rings. The highest BCUT2D eigenvalue weighted by molar-refractivity contribution is 7.09. The predicted octanol–water partition coefficient (Wildman–Crippen LogP) is 1.28. The molecule has 0 radical (unpaired) electrons. The molecule has 2 heterocycles. The number of nitrogens with zero attached hydrogens (tertiary/aromatic N) is 3. The maximum absolute atomic E-state index is 4.42. The van der Waals surface area contributed by atoms with Crippen LogP contribution >= 0.6 is 11.5 Å². The fourth-order valence-corrected chi connectivity index (χ4v) is 2.76. The molecule has 1 aliphatic heterocycles. The first kappa shape index (κ1) is 10.8. The smallest absolute Gasteiger partial charge is 0.205 e. The molecule has 1 fully saturated rings. The van der Waals surface area contributed by atoms with E-state index in [4.69, 9.17) is 0 Å². The summed E-state index contributed by atoms with van der Waals surface area (Å²) in [5.74, 6) is 1.73. The van der Waals surface area contributed by atoms with E-state index < -0.39 is 0 Å². The molecular formula is C10H18N4S. The molecule has 4 nitrogen and oxygen atoms in total. The van der Waals surface area contributed by atoms with Crippen molar-refractivity contribution >= 4 is 16.7 Å². The van der Waals surface area contributed by atoms with Crippen molar-refractivity contribution in [2.24, 2.45) is 5.92 Å². The Hall–Kier alpha value is -0.680. The summed E-state index contributed by atoms with van der Waals surface area (Å²) in [5, 5.41) is 4.35. The molecule has 0 spiro atoms. The number of piperidine rings is 1. The van der Waals surface area contributed by atoms with Crippen molar-refractivity contribution in [2.75, 3.05) is 31.6 Å². The van der Waals surface area contributed by atoms with Gasteiger partial charge in [0.25, 0.3) is 0 Å². The standard InChI is InChI=1S/C10H18N4S/c1-8-12-10(15-13-8)14-5-3-9(4-6-14)7-11-2/h9,11H,3-7H2,1-2H3. The van der Waals surface area contributed by atoms with Crippen LogP contribution < -0.4 is 10.2 Å². The van der Waals surface area contributed by atoms with Gasteiger partial charge in [0, 0.05) is 24.6 Å². The van der Waals surface area contributed by atoms with Crippen LogP contribution in [0.15, 0.2) is 0 Å². The summed E-state index contributed by atoms with van der Waals surface area (Å²) in [6, 6.07) is 0. The highest BCUT2D eigenvalue weighted by Crippen LogP contribution is 2.24. The highest BCUT2D eigenvalue weighted by Gasteiger charge is 2.20. The van der Waals surface area contributed by atoms with Crippen LogP contribution in [0.5, 0.6) is 0 Å². The molecule has 84 valence electrons. The molecule has 0 atom stereocenters. The molecule has 0 saturated carbocycles. The summed E-state index contributed by atoms with van der Waals surface area (Å²) in [6.45, 7) is 5.35. The van der Waals surface area contributed by atoms with Gasteiger partial charge in [-0.05, 0) is 39.3 Å². The van der Waals surface area contributed by atoms with Crippen molar-refractivity contribution in [3.05, 3.63) is 5.82 Å². The van der Waals surface area contributed by atoms with E-state index in [0.717, 1.165) is 36.5 Å². The summed E-state index contributed by atoms with van der Waals surface area (Å²) < 4.78 is 4.22. The molecule has 0 bridgehead atoms. The van der Waals surface area contributed by atoms with Crippen LogP contribution in [-0.4, -0.2) is 36.0 Å². The molecule has 0 amide bonds. The van der Waals surface area contributed by atoms with Gasteiger partial charge in [-0.25, -0.2) is 4.98 Å². The molecule has 1 aliphatic rings. The van der Waals surface area contributed by atoms with Crippen LogP contribution in [0.4, 0.5) is 5.13 Å². The van der Waals surface area contributed by atoms with Gasteiger partial charge in [0.05, 0.1) is 0 Å². The van der Waals surface area contributed by atoms with Crippen molar-refractivity contribution in [3.8, 4) is 0 Å². The highest BCUT2D eigenvalue weighted by atomic mass is 32.1. The quantitative estimate of drug-likeness (QED) is 0.843. The van der Waals surface area contributed by atoms with Gasteiger partial charge in [-0.3, -0.25) is 0 Å². The Bertz CT molecular complexity index is 304. The zero-order chi connectivity index (χ0) is 10.7. The first-order chi connectivity index (χ1) is 7.29. The zero-order valence-electron chi connectivity index (χ0n) is 9.36. The molecule has 0 aliphatic carbocycles. The minimum Gasteiger partial charge on any atom is -0.347 e. The zero-order valence-corrected chi connectivity index (χ0v) is 10.2. The summed E-state index contributed by atoms with van der Waals surface area (Å²) in [6.07, 6.45) is 2.53. The second-order valence-corrected chi connectivity index (χ2v) is 4.84. The lowest BCUT2D eigenvalue weighted by atomic mass is 9.97. The number of rotatable bonds is 3. The average molecular weight is 226 g/mol. The van der Waals surface area contributed by atoms with Crippen molar-refractivity contribution in [1.29, 1.82) is 0 Å². The van der Waals surface area contributed by atoms with Gasteiger partial charge < -0.3 is 10.2 Å². The number of anilines is 1. The SMILES string of the molecule is CNCC1CCN(c2nc(C)ns2)CC1. The predicted molar refractivity (Wildman–Crippen MR) is 63.5 cm³/mol. The number of hydrogen-bond donors (Lipinski definition) is 1. The monoisotopic (exact) mass is 226 g/mol. The maximum Gasteiger partial charge on any atom is 0.205 e. The van der Waals surface area contributed by atoms with Gasteiger partial charge in [0.2, 0.25) is 5.13 Å². The van der Waals surface area contributed by atoms with Gasteiger partial charge >= 0.3 is 0 Å². The first-order valence-corrected chi connectivity index (χ1v) is 6.27. The molecule has 5 heteroatoms. The van der Waals surface area contributed by atoms with Crippen molar-refractivity contribution in [1.82, 2.24) is 14.7 Å². The van der Waals surface area contributed by atoms with Crippen LogP contribution in [-0.2, 0) is 0 Å². The van der Waals surface area contributed by atoms with Crippen molar-refractivity contribution in [3.63, 3.8) is 0 Å². The van der Waals surface area contributed by atoms with Gasteiger partial charge in [-0.1, -0.05) is 0 Å². The van der Waals surface area contributed by atoms with E-state index in [-0.39, 0.29) is 0 Å². The lowest BCUT2D eigenvalue weighted by molar-refractivity contribution is 0.393. The number of nitrogens with one attached hydrogen (secondary N) is 1. The molecular weight excluding hydrogens is 208 g/mol. The Balaban J connectivity index is 1.88. The number of aryl methyl sites for hydroxylation is 1. The third-order valence-corrected chi connectivity index (χ3v) is 3.76. The molecule has 1 N–H and O–H groups in total. The number of hydrogen-bond acceptors (Lipinski definition) is 5. The Kier molecular flexibility index (Phi) is 3.53. The topological polar surface area (TPSA) is 41.0 Å². The van der Waals surface area contributed by atoms with Crippen molar-refractivity contribution < 1.29 is 0 Å². The Morgan fingerprint density at radius 3 is 2.73 bits per heavy atom. The Morgan fingerprint density at radius 1 is 1.47 bits per heavy atom. The van der Waals surface area contributed by atoms with E-state index in [1.165, 1.54) is 24.4 Å². The third-order valence-electron chi connectivity index (χ3n) is 2.89. The van der Waals surface area contributed by atoms with E-state index in [1.54, 1.807) is 0 Å². The van der Waals surface area contributed by atoms with E-state index in [2.05, 4.69) is 19.6 Å². The Morgan fingerprint density at radius 2 is 2.20 bits per heavy atom. The van der Waals surface area contributed by atoms with Gasteiger partial charge in [0.15, 0.2) is 0 Å². The van der Waals surface area contributed by atoms with Crippen LogP contribution in [0.25, 0.3) is 0 Å². The Labute approximate surface area is 94.9 Å². The van der Waals surface area contributed by atoms with E-state index in [1.807, 2.05) is 14.0 Å². The average Bonchev–Trinajstić information content (AvgIpc) is 2.67. The van der Waals surface area contributed by atoms with E-state index in [9.17, 15) is 0 Å². The van der Waals surface area contributed by atoms with Crippen LogP contribution in [0.3, 0.4) is 0 Å². The largest absolute Gasteiger partial charge is 0.347 e. The van der Waals surface area contributed by atoms with Crippen LogP contribution in [0.1, 0.15) is 18.7 Å². The summed E-state index contributed by atoms with van der Waals surface area (Å²) >= 11 is 1.52.